The highest BCUT2D eigenvalue weighted by molar-refractivity contribution is 6.14. The zero-order valence-corrected chi connectivity index (χ0v) is 9.03. The van der Waals surface area contributed by atoms with Gasteiger partial charge in [-0.2, -0.15) is 0 Å². The molecule has 2 heterocycles. The molecule has 0 amide bonds. The van der Waals surface area contributed by atoms with Gasteiger partial charge in [-0.25, -0.2) is 14.6 Å². The Morgan fingerprint density at radius 2 is 1.94 bits per heavy atom. The van der Waals surface area contributed by atoms with Gasteiger partial charge in [0, 0.05) is 12.3 Å². The second-order valence-electron chi connectivity index (χ2n) is 3.67. The number of rotatable bonds is 2. The Hall–Kier alpha value is -1.75. The zero-order chi connectivity index (χ0) is 11.9. The molecule has 0 saturated carbocycles. The highest BCUT2D eigenvalue weighted by atomic mass is 16.6. The second kappa shape index (κ2) is 3.68. The van der Waals surface area contributed by atoms with Crippen LogP contribution in [-0.2, 0) is 11.2 Å². The maximum absolute atomic E-state index is 11.4. The van der Waals surface area contributed by atoms with E-state index in [0.29, 0.717) is 17.7 Å². The van der Waals surface area contributed by atoms with Gasteiger partial charge in [0.15, 0.2) is 5.69 Å². The molecule has 0 radical (unpaired) electrons. The third-order valence-corrected chi connectivity index (χ3v) is 2.73. The molecule has 5 heteroatoms. The first-order valence-corrected chi connectivity index (χ1v) is 4.93. The van der Waals surface area contributed by atoms with Crippen LogP contribution in [0.1, 0.15) is 37.7 Å². The lowest BCUT2D eigenvalue weighted by atomic mass is 9.98. The minimum atomic E-state index is -0.693. The van der Waals surface area contributed by atoms with Crippen LogP contribution in [0.15, 0.2) is 0 Å². The molecule has 0 unspecified atom stereocenters. The summed E-state index contributed by atoms with van der Waals surface area (Å²) in [5, 5.41) is 8.92. The quantitative estimate of drug-likeness (QED) is 0.582. The van der Waals surface area contributed by atoms with Gasteiger partial charge >= 0.3 is 11.9 Å². The van der Waals surface area contributed by atoms with Gasteiger partial charge in [0.2, 0.25) is 0 Å². The summed E-state index contributed by atoms with van der Waals surface area (Å²) in [5.74, 6) is -1.34. The van der Waals surface area contributed by atoms with Gasteiger partial charge in [-0.3, -0.25) is 0 Å². The molecule has 0 spiro atoms. The van der Waals surface area contributed by atoms with Crippen LogP contribution in [-0.4, -0.2) is 28.6 Å². The molecule has 1 aliphatic heterocycles. The molecule has 0 fully saturated rings. The molecule has 0 atom stereocenters. The number of ether oxygens (including phenoxy) is 1. The van der Waals surface area contributed by atoms with E-state index in [1.165, 1.54) is 0 Å². The summed E-state index contributed by atoms with van der Waals surface area (Å²) in [6.07, 6.45) is 0.416. The molecule has 0 aromatic carbocycles. The van der Waals surface area contributed by atoms with Gasteiger partial charge in [-0.1, -0.05) is 0 Å². The van der Waals surface area contributed by atoms with Crippen LogP contribution in [0.5, 0.6) is 0 Å². The van der Waals surface area contributed by atoms with Crippen molar-refractivity contribution in [3.63, 3.8) is 0 Å². The van der Waals surface area contributed by atoms with Crippen LogP contribution in [0.4, 0.5) is 0 Å². The highest BCUT2D eigenvalue weighted by Crippen LogP contribution is 2.26. The van der Waals surface area contributed by atoms with E-state index in [2.05, 4.69) is 9.72 Å². The number of nitrogens with zero attached hydrogens (tertiary/aromatic N) is 1. The molecule has 1 aromatic rings. The number of esters is 2. The summed E-state index contributed by atoms with van der Waals surface area (Å²) < 4.78 is 4.50. The van der Waals surface area contributed by atoms with Crippen LogP contribution in [0.2, 0.25) is 0 Å². The second-order valence-corrected chi connectivity index (χ2v) is 3.67. The Kier molecular flexibility index (Phi) is 2.47. The van der Waals surface area contributed by atoms with Crippen molar-refractivity contribution in [1.82, 2.24) is 4.98 Å². The summed E-state index contributed by atoms with van der Waals surface area (Å²) in [7, 11) is 0. The predicted octanol–water partition coefficient (Wildman–Crippen LogP) is 0.544. The number of aromatic nitrogens is 1. The first-order chi connectivity index (χ1) is 7.56. The van der Waals surface area contributed by atoms with Crippen molar-refractivity contribution in [2.45, 2.75) is 20.3 Å². The lowest BCUT2D eigenvalue weighted by Gasteiger charge is -2.09. The predicted molar refractivity (Wildman–Crippen MR) is 54.2 cm³/mol. The van der Waals surface area contributed by atoms with Gasteiger partial charge in [0.05, 0.1) is 5.56 Å². The third-order valence-electron chi connectivity index (χ3n) is 2.73. The van der Waals surface area contributed by atoms with E-state index in [-0.39, 0.29) is 17.9 Å². The van der Waals surface area contributed by atoms with Crippen molar-refractivity contribution in [2.24, 2.45) is 0 Å². The van der Waals surface area contributed by atoms with Crippen LogP contribution < -0.4 is 0 Å². The number of carbonyl (C=O) groups is 2. The summed E-state index contributed by atoms with van der Waals surface area (Å²) >= 11 is 0. The number of aliphatic hydroxyl groups excluding tert-OH is 1. The number of carbonyl (C=O) groups excluding carboxylic acids is 2. The molecule has 1 aromatic heterocycles. The minimum Gasteiger partial charge on any atom is -0.396 e. The van der Waals surface area contributed by atoms with E-state index in [1.807, 2.05) is 0 Å². The number of cyclic esters (lactones) is 2. The smallest absolute Gasteiger partial charge is 0.365 e. The average Bonchev–Trinajstić information content (AvgIpc) is 2.49. The molecule has 5 nitrogen and oxygen atoms in total. The van der Waals surface area contributed by atoms with Crippen LogP contribution in [0.3, 0.4) is 0 Å². The fourth-order valence-electron chi connectivity index (χ4n) is 1.95. The Labute approximate surface area is 92.1 Å². The van der Waals surface area contributed by atoms with Gasteiger partial charge in [-0.05, 0) is 31.4 Å². The standard InChI is InChI=1S/C11H11NO4/c1-5-7(3-4-13)6(2)12-9-8(5)10(14)16-11(9)15/h13H,3-4H2,1-2H3. The number of aliphatic hydroxyl groups is 1. The topological polar surface area (TPSA) is 76.5 Å². The Morgan fingerprint density at radius 3 is 2.56 bits per heavy atom. The monoisotopic (exact) mass is 221 g/mol. The molecule has 1 aliphatic rings. The molecule has 84 valence electrons. The van der Waals surface area contributed by atoms with E-state index < -0.39 is 11.9 Å². The van der Waals surface area contributed by atoms with E-state index in [1.54, 1.807) is 13.8 Å². The van der Waals surface area contributed by atoms with E-state index >= 15 is 0 Å². The van der Waals surface area contributed by atoms with E-state index in [9.17, 15) is 9.59 Å². The van der Waals surface area contributed by atoms with Gasteiger partial charge in [0.25, 0.3) is 0 Å². The molecular formula is C11H11NO4. The normalized spacial score (nSPS) is 13.9. The van der Waals surface area contributed by atoms with Crippen molar-refractivity contribution >= 4 is 11.9 Å². The third kappa shape index (κ3) is 1.40. The zero-order valence-electron chi connectivity index (χ0n) is 9.03. The van der Waals surface area contributed by atoms with Gasteiger partial charge in [0.1, 0.15) is 0 Å². The number of aryl methyl sites for hydroxylation is 1. The van der Waals surface area contributed by atoms with Crippen molar-refractivity contribution < 1.29 is 19.4 Å². The van der Waals surface area contributed by atoms with Gasteiger partial charge in [-0.15, -0.1) is 0 Å². The first-order valence-electron chi connectivity index (χ1n) is 4.93. The molecule has 2 rings (SSSR count). The maximum atomic E-state index is 11.4. The number of hydrogen-bond acceptors (Lipinski definition) is 5. The van der Waals surface area contributed by atoms with E-state index in [0.717, 1.165) is 5.56 Å². The SMILES string of the molecule is Cc1nc2c(c(C)c1CCO)C(=O)OC2=O. The summed E-state index contributed by atoms with van der Waals surface area (Å²) in [6.45, 7) is 3.46. The number of fused-ring (bicyclic) bond motifs is 1. The average molecular weight is 221 g/mol. The highest BCUT2D eigenvalue weighted by Gasteiger charge is 2.34. The molecule has 0 saturated heterocycles. The summed E-state index contributed by atoms with van der Waals surface area (Å²) in [5.41, 5.74) is 2.44. The Balaban J connectivity index is 2.67. The fraction of sp³-hybridized carbons (Fsp3) is 0.364. The lowest BCUT2D eigenvalue weighted by Crippen LogP contribution is -2.08. The van der Waals surface area contributed by atoms with Crippen molar-refractivity contribution in [3.8, 4) is 0 Å². The van der Waals surface area contributed by atoms with Gasteiger partial charge < -0.3 is 9.84 Å². The molecule has 0 bridgehead atoms. The largest absolute Gasteiger partial charge is 0.396 e. The molecule has 16 heavy (non-hydrogen) atoms. The number of pyridine rings is 1. The van der Waals surface area contributed by atoms with Crippen LogP contribution in [0.25, 0.3) is 0 Å². The summed E-state index contributed by atoms with van der Waals surface area (Å²) in [4.78, 5) is 26.8. The van der Waals surface area contributed by atoms with Crippen molar-refractivity contribution in [1.29, 1.82) is 0 Å². The molecule has 0 aliphatic carbocycles. The molecular weight excluding hydrogens is 210 g/mol. The molecule has 1 N–H and O–H groups in total. The Bertz CT molecular complexity index is 493. The summed E-state index contributed by atoms with van der Waals surface area (Å²) in [6, 6.07) is 0. The Morgan fingerprint density at radius 1 is 1.25 bits per heavy atom. The van der Waals surface area contributed by atoms with Crippen molar-refractivity contribution in [3.05, 3.63) is 28.1 Å². The minimum absolute atomic E-state index is 0.0227. The van der Waals surface area contributed by atoms with E-state index in [4.69, 9.17) is 5.11 Å². The van der Waals surface area contributed by atoms with Crippen LogP contribution in [0, 0.1) is 13.8 Å². The fourth-order valence-corrected chi connectivity index (χ4v) is 1.95. The first kappa shape index (κ1) is 10.8. The lowest BCUT2D eigenvalue weighted by molar-refractivity contribution is 0.0441. The van der Waals surface area contributed by atoms with Crippen molar-refractivity contribution in [2.75, 3.05) is 6.61 Å². The maximum Gasteiger partial charge on any atom is 0.365 e. The van der Waals surface area contributed by atoms with Crippen LogP contribution >= 0.6 is 0 Å². The number of hydrogen-bond donors (Lipinski definition) is 1.